The Morgan fingerprint density at radius 1 is 1.21 bits per heavy atom. The first kappa shape index (κ1) is 12.2. The number of carbonyl (C=O) groups excluding carboxylic acids is 1. The lowest BCUT2D eigenvalue weighted by atomic mass is 9.96. The average molecular weight is 275 g/mol. The van der Waals surface area contributed by atoms with E-state index >= 15 is 0 Å². The van der Waals surface area contributed by atoms with Crippen molar-refractivity contribution in [1.29, 1.82) is 0 Å². The maximum Gasteiger partial charge on any atom is 0.278 e. The van der Waals surface area contributed by atoms with Gasteiger partial charge in [0.25, 0.3) is 5.91 Å². The molecule has 0 aromatic carbocycles. The van der Waals surface area contributed by atoms with Gasteiger partial charge in [-0.15, -0.1) is 15.3 Å². The van der Waals surface area contributed by atoms with Crippen LogP contribution in [0.15, 0.2) is 6.07 Å². The Morgan fingerprint density at radius 3 is 2.84 bits per heavy atom. The minimum atomic E-state index is -0.281. The molecule has 19 heavy (non-hydrogen) atoms. The van der Waals surface area contributed by atoms with Crippen LogP contribution in [-0.2, 0) is 12.8 Å². The van der Waals surface area contributed by atoms with Gasteiger partial charge in [-0.1, -0.05) is 11.3 Å². The van der Waals surface area contributed by atoms with Crippen LogP contribution in [0.5, 0.6) is 0 Å². The van der Waals surface area contributed by atoms with Crippen LogP contribution < -0.4 is 5.32 Å². The third-order valence-corrected chi connectivity index (χ3v) is 3.80. The largest absolute Gasteiger partial charge is 0.295 e. The molecular weight excluding hydrogens is 262 g/mol. The van der Waals surface area contributed by atoms with Gasteiger partial charge in [-0.05, 0) is 44.2 Å². The Hall–Kier alpha value is -1.89. The topological polar surface area (TPSA) is 80.7 Å². The Morgan fingerprint density at radius 2 is 2.05 bits per heavy atom. The van der Waals surface area contributed by atoms with Crippen LogP contribution in [0.25, 0.3) is 0 Å². The molecule has 0 aliphatic heterocycles. The maximum absolute atomic E-state index is 12.0. The smallest absolute Gasteiger partial charge is 0.278 e. The summed E-state index contributed by atoms with van der Waals surface area (Å²) in [5.74, 6) is -0.281. The first-order valence-electron chi connectivity index (χ1n) is 6.19. The van der Waals surface area contributed by atoms with Crippen LogP contribution in [0.1, 0.15) is 39.6 Å². The molecule has 7 heteroatoms. The van der Waals surface area contributed by atoms with Crippen LogP contribution in [-0.4, -0.2) is 26.3 Å². The monoisotopic (exact) mass is 275 g/mol. The lowest BCUT2D eigenvalue weighted by Crippen LogP contribution is -2.17. The summed E-state index contributed by atoms with van der Waals surface area (Å²) < 4.78 is 0. The first-order valence-corrected chi connectivity index (χ1v) is 7.01. The number of amides is 1. The Labute approximate surface area is 114 Å². The van der Waals surface area contributed by atoms with Crippen molar-refractivity contribution >= 4 is 22.4 Å². The van der Waals surface area contributed by atoms with Crippen LogP contribution in [0.2, 0.25) is 0 Å². The third-order valence-electron chi connectivity index (χ3n) is 3.05. The van der Waals surface area contributed by atoms with E-state index in [0.29, 0.717) is 10.8 Å². The van der Waals surface area contributed by atoms with Crippen LogP contribution >= 0.6 is 11.3 Å². The average Bonchev–Trinajstić information content (AvgIpc) is 2.83. The van der Waals surface area contributed by atoms with Gasteiger partial charge in [-0.2, -0.15) is 5.10 Å². The van der Waals surface area contributed by atoms with E-state index in [1.54, 1.807) is 0 Å². The normalized spacial score (nSPS) is 13.9. The van der Waals surface area contributed by atoms with Crippen molar-refractivity contribution in [3.05, 3.63) is 28.0 Å². The summed E-state index contributed by atoms with van der Waals surface area (Å²) in [6.45, 7) is 1.84. The van der Waals surface area contributed by atoms with Gasteiger partial charge >= 0.3 is 0 Å². The van der Waals surface area contributed by atoms with Gasteiger partial charge in [-0.3, -0.25) is 10.1 Å². The summed E-state index contributed by atoms with van der Waals surface area (Å²) in [5.41, 5.74) is 2.50. The molecule has 0 bridgehead atoms. The molecule has 0 atom stereocenters. The van der Waals surface area contributed by atoms with Gasteiger partial charge in [0.15, 0.2) is 5.69 Å². The van der Waals surface area contributed by atoms with E-state index in [0.717, 1.165) is 41.9 Å². The first-order chi connectivity index (χ1) is 9.22. The molecule has 0 radical (unpaired) electrons. The van der Waals surface area contributed by atoms with E-state index < -0.39 is 0 Å². The van der Waals surface area contributed by atoms with Gasteiger partial charge in [0.2, 0.25) is 5.13 Å². The molecule has 2 aromatic heterocycles. The fraction of sp³-hybridized carbons (Fsp3) is 0.417. The van der Waals surface area contributed by atoms with E-state index in [-0.39, 0.29) is 5.91 Å². The lowest BCUT2D eigenvalue weighted by Gasteiger charge is -2.13. The molecule has 2 aromatic rings. The Balaban J connectivity index is 1.80. The molecule has 0 saturated heterocycles. The molecule has 0 saturated carbocycles. The zero-order valence-electron chi connectivity index (χ0n) is 10.5. The number of hydrogen-bond donors (Lipinski definition) is 1. The number of rotatable bonds is 2. The highest BCUT2D eigenvalue weighted by Crippen LogP contribution is 2.20. The highest BCUT2D eigenvalue weighted by molar-refractivity contribution is 7.15. The minimum absolute atomic E-state index is 0.281. The van der Waals surface area contributed by atoms with Crippen molar-refractivity contribution in [2.45, 2.75) is 32.6 Å². The summed E-state index contributed by atoms with van der Waals surface area (Å²) >= 11 is 1.34. The van der Waals surface area contributed by atoms with E-state index in [1.165, 1.54) is 11.3 Å². The van der Waals surface area contributed by atoms with E-state index in [4.69, 9.17) is 0 Å². The zero-order chi connectivity index (χ0) is 13.2. The Bertz CT molecular complexity index is 624. The molecule has 1 aliphatic carbocycles. The number of aryl methyl sites for hydroxylation is 3. The van der Waals surface area contributed by atoms with Gasteiger partial charge in [0, 0.05) is 0 Å². The summed E-state index contributed by atoms with van der Waals surface area (Å²) in [7, 11) is 0. The molecule has 3 rings (SSSR count). The SMILES string of the molecule is Cc1nnc(NC(=O)c2cc3c(nn2)CCCC3)s1. The lowest BCUT2D eigenvalue weighted by molar-refractivity contribution is 0.102. The molecule has 0 fully saturated rings. The number of nitrogens with one attached hydrogen (secondary N) is 1. The molecular formula is C12H13N5OS. The number of carbonyl (C=O) groups is 1. The highest BCUT2D eigenvalue weighted by atomic mass is 32.1. The fourth-order valence-electron chi connectivity index (χ4n) is 2.11. The highest BCUT2D eigenvalue weighted by Gasteiger charge is 2.16. The molecule has 0 spiro atoms. The standard InChI is InChI=1S/C12H13N5OS/c1-7-14-17-12(19-7)13-11(18)10-6-8-4-2-3-5-9(8)15-16-10/h6H,2-5H2,1H3,(H,13,17,18). The molecule has 1 N–H and O–H groups in total. The Kier molecular flexibility index (Phi) is 3.20. The predicted octanol–water partition coefficient (Wildman–Crippen LogP) is 1.77. The second-order valence-electron chi connectivity index (χ2n) is 4.49. The second kappa shape index (κ2) is 5.00. The minimum Gasteiger partial charge on any atom is -0.295 e. The van der Waals surface area contributed by atoms with E-state index in [1.807, 2.05) is 13.0 Å². The summed E-state index contributed by atoms with van der Waals surface area (Å²) in [6, 6.07) is 1.84. The quantitative estimate of drug-likeness (QED) is 0.903. The van der Waals surface area contributed by atoms with Crippen molar-refractivity contribution in [3.63, 3.8) is 0 Å². The predicted molar refractivity (Wildman–Crippen MR) is 71.3 cm³/mol. The fourth-order valence-corrected chi connectivity index (χ4v) is 2.70. The number of anilines is 1. The van der Waals surface area contributed by atoms with Crippen LogP contribution in [0, 0.1) is 6.92 Å². The van der Waals surface area contributed by atoms with Gasteiger partial charge in [0.1, 0.15) is 5.01 Å². The zero-order valence-corrected chi connectivity index (χ0v) is 11.3. The summed E-state index contributed by atoms with van der Waals surface area (Å²) in [4.78, 5) is 12.0. The van der Waals surface area contributed by atoms with Crippen molar-refractivity contribution < 1.29 is 4.79 Å². The van der Waals surface area contributed by atoms with E-state index in [9.17, 15) is 4.79 Å². The number of fused-ring (bicyclic) bond motifs is 1. The molecule has 2 heterocycles. The molecule has 1 amide bonds. The molecule has 6 nitrogen and oxygen atoms in total. The number of aromatic nitrogens is 4. The molecule has 0 unspecified atom stereocenters. The summed E-state index contributed by atoms with van der Waals surface area (Å²) in [5, 5.41) is 19.8. The third kappa shape index (κ3) is 2.60. The van der Waals surface area contributed by atoms with Crippen molar-refractivity contribution in [2.24, 2.45) is 0 Å². The number of hydrogen-bond acceptors (Lipinski definition) is 6. The van der Waals surface area contributed by atoms with Gasteiger partial charge in [-0.25, -0.2) is 0 Å². The van der Waals surface area contributed by atoms with Crippen molar-refractivity contribution in [1.82, 2.24) is 20.4 Å². The second-order valence-corrected chi connectivity index (χ2v) is 5.67. The van der Waals surface area contributed by atoms with E-state index in [2.05, 4.69) is 25.7 Å². The van der Waals surface area contributed by atoms with Crippen molar-refractivity contribution in [3.8, 4) is 0 Å². The maximum atomic E-state index is 12.0. The number of nitrogens with zero attached hydrogens (tertiary/aromatic N) is 4. The van der Waals surface area contributed by atoms with Gasteiger partial charge in [0.05, 0.1) is 5.69 Å². The molecule has 1 aliphatic rings. The molecule has 98 valence electrons. The summed E-state index contributed by atoms with van der Waals surface area (Å²) in [6.07, 6.45) is 4.23. The van der Waals surface area contributed by atoms with Crippen molar-refractivity contribution in [2.75, 3.05) is 5.32 Å². The van der Waals surface area contributed by atoms with Crippen LogP contribution in [0.4, 0.5) is 5.13 Å². The van der Waals surface area contributed by atoms with Gasteiger partial charge < -0.3 is 0 Å². The van der Waals surface area contributed by atoms with Crippen LogP contribution in [0.3, 0.4) is 0 Å².